The molecule has 2 amide bonds. The molecule has 1 aliphatic rings. The van der Waals surface area contributed by atoms with Gasteiger partial charge in [0, 0.05) is 39.9 Å². The molecule has 0 spiro atoms. The zero-order chi connectivity index (χ0) is 14.6. The van der Waals surface area contributed by atoms with Gasteiger partial charge in [-0.05, 0) is 39.9 Å². The van der Waals surface area contributed by atoms with Crippen LogP contribution in [0.5, 0.6) is 0 Å². The molecule has 5 heteroatoms. The molecule has 5 nitrogen and oxygen atoms in total. The Labute approximate surface area is 118 Å². The van der Waals surface area contributed by atoms with Crippen LogP contribution in [0.2, 0.25) is 0 Å². The van der Waals surface area contributed by atoms with E-state index < -0.39 is 0 Å². The predicted octanol–water partition coefficient (Wildman–Crippen LogP) is 1.22. The lowest BCUT2D eigenvalue weighted by Crippen LogP contribution is -2.53. The molecule has 0 aromatic carbocycles. The summed E-state index contributed by atoms with van der Waals surface area (Å²) in [4.78, 5) is 20.4. The molecule has 112 valence electrons. The Morgan fingerprint density at radius 3 is 2.37 bits per heavy atom. The number of likely N-dealkylation sites (tertiary alicyclic amines) is 1. The number of likely N-dealkylation sites (N-methyl/N-ethyl adjacent to an activating group) is 1. The second-order valence-corrected chi connectivity index (χ2v) is 6.41. The minimum atomic E-state index is 0.148. The van der Waals surface area contributed by atoms with Gasteiger partial charge in [0.05, 0.1) is 0 Å². The molecule has 1 heterocycles. The van der Waals surface area contributed by atoms with E-state index in [0.717, 1.165) is 32.6 Å². The van der Waals surface area contributed by atoms with Crippen molar-refractivity contribution in [2.45, 2.75) is 25.8 Å². The monoisotopic (exact) mass is 270 g/mol. The number of rotatable bonds is 4. The van der Waals surface area contributed by atoms with E-state index >= 15 is 0 Å². The number of hydrogen-bond donors (Lipinski definition) is 0. The lowest BCUT2D eigenvalue weighted by atomic mass is 9.92. The van der Waals surface area contributed by atoms with Crippen molar-refractivity contribution in [1.29, 1.82) is 0 Å². The fourth-order valence-electron chi connectivity index (χ4n) is 2.83. The molecule has 0 aliphatic carbocycles. The number of carbonyl (C=O) groups is 1. The number of hydrogen-bond acceptors (Lipinski definition) is 3. The highest BCUT2D eigenvalue weighted by Gasteiger charge is 2.31. The molecule has 0 radical (unpaired) electrons. The molecular formula is C14H30N4O. The summed E-state index contributed by atoms with van der Waals surface area (Å²) in [5.41, 5.74) is 0. The predicted molar refractivity (Wildman–Crippen MR) is 79.2 cm³/mol. The molecule has 1 rings (SSSR count). The summed E-state index contributed by atoms with van der Waals surface area (Å²) >= 11 is 0. The summed E-state index contributed by atoms with van der Waals surface area (Å²) in [6, 6.07) is 0.485. The van der Waals surface area contributed by atoms with Crippen molar-refractivity contribution in [1.82, 2.24) is 19.6 Å². The maximum Gasteiger partial charge on any atom is 0.319 e. The zero-order valence-corrected chi connectivity index (χ0v) is 13.4. The Hall–Kier alpha value is -0.810. The van der Waals surface area contributed by atoms with Crippen LogP contribution in [0.25, 0.3) is 0 Å². The van der Waals surface area contributed by atoms with Gasteiger partial charge in [0.25, 0.3) is 0 Å². The summed E-state index contributed by atoms with van der Waals surface area (Å²) in [7, 11) is 9.94. The van der Waals surface area contributed by atoms with Crippen LogP contribution in [0, 0.1) is 5.92 Å². The van der Waals surface area contributed by atoms with E-state index in [1.807, 2.05) is 19.0 Å². The number of amides is 2. The Balaban J connectivity index is 2.65. The van der Waals surface area contributed by atoms with Gasteiger partial charge >= 0.3 is 6.03 Å². The fourth-order valence-corrected chi connectivity index (χ4v) is 2.83. The van der Waals surface area contributed by atoms with Gasteiger partial charge in [-0.1, -0.05) is 6.92 Å². The van der Waals surface area contributed by atoms with Crippen LogP contribution >= 0.6 is 0 Å². The van der Waals surface area contributed by atoms with E-state index in [2.05, 4.69) is 37.9 Å². The molecular weight excluding hydrogens is 240 g/mol. The Bertz CT molecular complexity index is 293. The maximum atomic E-state index is 12.2. The first-order valence-corrected chi connectivity index (χ1v) is 7.12. The summed E-state index contributed by atoms with van der Waals surface area (Å²) in [5, 5.41) is 0. The third-order valence-electron chi connectivity index (χ3n) is 3.65. The van der Waals surface area contributed by atoms with Gasteiger partial charge in [-0.25, -0.2) is 4.79 Å². The van der Waals surface area contributed by atoms with Gasteiger partial charge in [0.1, 0.15) is 0 Å². The molecule has 2 atom stereocenters. The molecule has 0 saturated carbocycles. The second kappa shape index (κ2) is 7.10. The van der Waals surface area contributed by atoms with Gasteiger partial charge in [0.15, 0.2) is 0 Å². The minimum Gasteiger partial charge on any atom is -0.331 e. The van der Waals surface area contributed by atoms with Crippen molar-refractivity contribution in [3.8, 4) is 0 Å². The van der Waals surface area contributed by atoms with Crippen LogP contribution in [-0.2, 0) is 0 Å². The largest absolute Gasteiger partial charge is 0.331 e. The Morgan fingerprint density at radius 2 is 1.84 bits per heavy atom. The van der Waals surface area contributed by atoms with E-state index in [1.165, 1.54) is 0 Å². The van der Waals surface area contributed by atoms with Crippen molar-refractivity contribution < 1.29 is 4.79 Å². The topological polar surface area (TPSA) is 30.0 Å². The first-order chi connectivity index (χ1) is 8.81. The molecule has 0 aromatic rings. The summed E-state index contributed by atoms with van der Waals surface area (Å²) < 4.78 is 0. The lowest BCUT2D eigenvalue weighted by Gasteiger charge is -2.41. The standard InChI is InChI=1S/C14H30N4O/c1-12-7-8-18(14(19)16(4)5)13(9-12)10-17(6)11-15(2)3/h12-13H,7-11H2,1-6H3. The third-order valence-corrected chi connectivity index (χ3v) is 3.65. The van der Waals surface area contributed by atoms with Crippen LogP contribution in [0.3, 0.4) is 0 Å². The van der Waals surface area contributed by atoms with Gasteiger partial charge in [0.2, 0.25) is 0 Å². The number of carbonyl (C=O) groups excluding carboxylic acids is 1. The Morgan fingerprint density at radius 1 is 1.21 bits per heavy atom. The average molecular weight is 270 g/mol. The number of piperidine rings is 1. The minimum absolute atomic E-state index is 0.148. The van der Waals surface area contributed by atoms with E-state index in [4.69, 9.17) is 0 Å². The normalized spacial score (nSPS) is 24.1. The van der Waals surface area contributed by atoms with Crippen molar-refractivity contribution >= 4 is 6.03 Å². The van der Waals surface area contributed by atoms with Crippen LogP contribution in [0.15, 0.2) is 0 Å². The summed E-state index contributed by atoms with van der Waals surface area (Å²) in [5.74, 6) is 0.712. The van der Waals surface area contributed by atoms with Crippen molar-refractivity contribution in [2.75, 3.05) is 55.0 Å². The molecule has 1 aliphatic heterocycles. The van der Waals surface area contributed by atoms with E-state index in [-0.39, 0.29) is 6.03 Å². The van der Waals surface area contributed by atoms with E-state index in [9.17, 15) is 4.79 Å². The maximum absolute atomic E-state index is 12.2. The van der Waals surface area contributed by atoms with Crippen molar-refractivity contribution in [2.24, 2.45) is 5.92 Å². The van der Waals surface area contributed by atoms with Crippen LogP contribution in [0.4, 0.5) is 4.79 Å². The van der Waals surface area contributed by atoms with Crippen LogP contribution in [0.1, 0.15) is 19.8 Å². The van der Waals surface area contributed by atoms with Gasteiger partial charge < -0.3 is 9.80 Å². The zero-order valence-electron chi connectivity index (χ0n) is 13.4. The van der Waals surface area contributed by atoms with Crippen molar-refractivity contribution in [3.05, 3.63) is 0 Å². The summed E-state index contributed by atoms with van der Waals surface area (Å²) in [6.45, 7) is 5.05. The van der Waals surface area contributed by atoms with Crippen LogP contribution in [-0.4, -0.2) is 86.7 Å². The SMILES string of the molecule is CC1CCN(C(=O)N(C)C)C(CN(C)CN(C)C)C1. The van der Waals surface area contributed by atoms with E-state index in [1.54, 1.807) is 4.90 Å². The molecule has 1 fully saturated rings. The first kappa shape index (κ1) is 16.2. The van der Waals surface area contributed by atoms with E-state index in [0.29, 0.717) is 12.0 Å². The molecule has 19 heavy (non-hydrogen) atoms. The average Bonchev–Trinajstić information content (AvgIpc) is 2.26. The fraction of sp³-hybridized carbons (Fsp3) is 0.929. The first-order valence-electron chi connectivity index (χ1n) is 7.12. The molecule has 0 N–H and O–H groups in total. The van der Waals surface area contributed by atoms with Gasteiger partial charge in [-0.2, -0.15) is 0 Å². The highest BCUT2D eigenvalue weighted by atomic mass is 16.2. The Kier molecular flexibility index (Phi) is 6.07. The second-order valence-electron chi connectivity index (χ2n) is 6.41. The molecule has 2 unspecified atom stereocenters. The summed E-state index contributed by atoms with van der Waals surface area (Å²) in [6.07, 6.45) is 2.23. The molecule has 0 aromatic heterocycles. The van der Waals surface area contributed by atoms with Crippen molar-refractivity contribution in [3.63, 3.8) is 0 Å². The molecule has 0 bridgehead atoms. The quantitative estimate of drug-likeness (QED) is 0.720. The van der Waals surface area contributed by atoms with Gasteiger partial charge in [-0.15, -0.1) is 0 Å². The van der Waals surface area contributed by atoms with Gasteiger partial charge in [-0.3, -0.25) is 9.80 Å². The number of urea groups is 1. The lowest BCUT2D eigenvalue weighted by molar-refractivity contribution is 0.0833. The number of nitrogens with zero attached hydrogens (tertiary/aromatic N) is 4. The third kappa shape index (κ3) is 4.99. The van der Waals surface area contributed by atoms with Crippen LogP contribution < -0.4 is 0 Å². The highest BCUT2D eigenvalue weighted by molar-refractivity contribution is 5.74. The highest BCUT2D eigenvalue weighted by Crippen LogP contribution is 2.23. The smallest absolute Gasteiger partial charge is 0.319 e. The molecule has 1 saturated heterocycles.